The van der Waals surface area contributed by atoms with Gasteiger partial charge in [-0.3, -0.25) is 9.78 Å². The third-order valence-electron chi connectivity index (χ3n) is 4.78. The molecule has 0 saturated heterocycles. The first-order chi connectivity index (χ1) is 14.6. The van der Waals surface area contributed by atoms with Crippen LogP contribution < -0.4 is 14.8 Å². The molecular formula is C22H22N4O4. The number of hydrogen-bond donors (Lipinski definition) is 2. The molecule has 8 nitrogen and oxygen atoms in total. The van der Waals surface area contributed by atoms with Crippen LogP contribution in [0.5, 0.6) is 17.4 Å². The van der Waals surface area contributed by atoms with Gasteiger partial charge >= 0.3 is 0 Å². The lowest BCUT2D eigenvalue weighted by atomic mass is 10.1. The molecule has 0 radical (unpaired) electrons. The minimum atomic E-state index is -0.250. The van der Waals surface area contributed by atoms with Crippen LogP contribution in [0.15, 0.2) is 48.7 Å². The van der Waals surface area contributed by atoms with Crippen LogP contribution >= 0.6 is 0 Å². The van der Waals surface area contributed by atoms with Crippen LogP contribution in [0.25, 0.3) is 11.5 Å². The monoisotopic (exact) mass is 406 g/mol. The Balaban J connectivity index is 1.31. The zero-order valence-electron chi connectivity index (χ0n) is 16.5. The second-order valence-corrected chi connectivity index (χ2v) is 6.95. The number of fused-ring (bicyclic) bond motifs is 1. The molecule has 0 aliphatic carbocycles. The maximum atomic E-state index is 12.3. The maximum Gasteiger partial charge on any atom is 0.220 e. The Hall–Kier alpha value is -3.68. The van der Waals surface area contributed by atoms with Gasteiger partial charge in [0.05, 0.1) is 6.54 Å². The largest absolute Gasteiger partial charge is 0.493 e. The number of nitrogens with zero attached hydrogens (tertiary/aromatic N) is 3. The van der Waals surface area contributed by atoms with Crippen LogP contribution in [0.1, 0.15) is 17.7 Å². The lowest BCUT2D eigenvalue weighted by Crippen LogP contribution is -2.40. The smallest absolute Gasteiger partial charge is 0.220 e. The number of carbonyl (C=O) groups is 1. The molecule has 2 N–H and O–H groups in total. The van der Waals surface area contributed by atoms with E-state index < -0.39 is 0 Å². The first kappa shape index (κ1) is 19.6. The Morgan fingerprint density at radius 3 is 2.73 bits per heavy atom. The standard InChI is InChI=1S/C22H22N4O4/c1-14-16(22(28)26-21(25-14)17-6-4-5-11-23-17)9-10-20(27)24-12-15-13-29-18-7-2-3-8-19(18)30-15/h2-8,11,15H,9-10,12-13H2,1H3,(H,24,27)(H,25,26,28). The number of ether oxygens (including phenoxy) is 2. The van der Waals surface area contributed by atoms with Crippen molar-refractivity contribution in [1.82, 2.24) is 20.3 Å². The first-order valence-corrected chi connectivity index (χ1v) is 9.73. The number of amides is 1. The molecule has 8 heteroatoms. The van der Waals surface area contributed by atoms with Gasteiger partial charge in [-0.2, -0.15) is 4.98 Å². The summed E-state index contributed by atoms with van der Waals surface area (Å²) in [4.78, 5) is 25.0. The number of aromatic hydroxyl groups is 1. The average Bonchev–Trinajstić information content (AvgIpc) is 2.77. The SMILES string of the molecule is Cc1nc(-c2ccccn2)nc(O)c1CCC(=O)NCC1COc2ccccc2O1. The minimum Gasteiger partial charge on any atom is -0.493 e. The van der Waals surface area contributed by atoms with E-state index in [0.29, 0.717) is 53.8 Å². The number of para-hydroxylation sites is 2. The van der Waals surface area contributed by atoms with Gasteiger partial charge in [0.2, 0.25) is 11.8 Å². The normalized spacial score (nSPS) is 14.9. The van der Waals surface area contributed by atoms with Crippen molar-refractivity contribution in [3.8, 4) is 28.9 Å². The fraction of sp³-hybridized carbons (Fsp3) is 0.273. The maximum absolute atomic E-state index is 12.3. The quantitative estimate of drug-likeness (QED) is 0.647. The van der Waals surface area contributed by atoms with Crippen LogP contribution in [0, 0.1) is 6.92 Å². The van der Waals surface area contributed by atoms with Crippen molar-refractivity contribution in [2.24, 2.45) is 0 Å². The Labute approximate surface area is 173 Å². The van der Waals surface area contributed by atoms with Gasteiger partial charge in [0.15, 0.2) is 17.3 Å². The molecule has 0 fully saturated rings. The van der Waals surface area contributed by atoms with E-state index in [2.05, 4.69) is 20.3 Å². The number of aromatic nitrogens is 3. The van der Waals surface area contributed by atoms with E-state index in [-0.39, 0.29) is 24.3 Å². The van der Waals surface area contributed by atoms with Gasteiger partial charge in [-0.15, -0.1) is 0 Å². The van der Waals surface area contributed by atoms with Crippen molar-refractivity contribution in [3.05, 3.63) is 59.9 Å². The number of rotatable bonds is 6. The van der Waals surface area contributed by atoms with Crippen LogP contribution in [-0.2, 0) is 11.2 Å². The predicted octanol–water partition coefficient (Wildman–Crippen LogP) is 2.44. The zero-order valence-corrected chi connectivity index (χ0v) is 16.5. The molecule has 3 aromatic rings. The second-order valence-electron chi connectivity index (χ2n) is 6.95. The van der Waals surface area contributed by atoms with Crippen molar-refractivity contribution in [1.29, 1.82) is 0 Å². The van der Waals surface area contributed by atoms with Gasteiger partial charge in [-0.25, -0.2) is 4.98 Å². The summed E-state index contributed by atoms with van der Waals surface area (Å²) >= 11 is 0. The Kier molecular flexibility index (Phi) is 5.74. The second kappa shape index (κ2) is 8.77. The summed E-state index contributed by atoms with van der Waals surface area (Å²) in [5.41, 5.74) is 1.75. The molecule has 3 heterocycles. The lowest BCUT2D eigenvalue weighted by molar-refractivity contribution is -0.121. The summed E-state index contributed by atoms with van der Waals surface area (Å²) in [6.07, 6.45) is 1.92. The molecule has 2 aromatic heterocycles. The summed E-state index contributed by atoms with van der Waals surface area (Å²) in [5.74, 6) is 1.46. The van der Waals surface area contributed by atoms with Gasteiger partial charge in [0.1, 0.15) is 18.4 Å². The summed E-state index contributed by atoms with van der Waals surface area (Å²) in [7, 11) is 0. The Morgan fingerprint density at radius 2 is 1.97 bits per heavy atom. The number of pyridine rings is 1. The molecule has 0 bridgehead atoms. The minimum absolute atomic E-state index is 0.128. The van der Waals surface area contributed by atoms with Crippen molar-refractivity contribution in [3.63, 3.8) is 0 Å². The molecule has 1 aliphatic rings. The molecule has 1 amide bonds. The topological polar surface area (TPSA) is 106 Å². The number of aryl methyl sites for hydroxylation is 1. The molecule has 1 aromatic carbocycles. The van der Waals surface area contributed by atoms with Gasteiger partial charge in [0.25, 0.3) is 0 Å². The molecule has 1 aliphatic heterocycles. The molecule has 30 heavy (non-hydrogen) atoms. The van der Waals surface area contributed by atoms with Crippen LogP contribution in [0.3, 0.4) is 0 Å². The lowest BCUT2D eigenvalue weighted by Gasteiger charge is -2.26. The highest BCUT2D eigenvalue weighted by Crippen LogP contribution is 2.30. The van der Waals surface area contributed by atoms with E-state index in [4.69, 9.17) is 9.47 Å². The van der Waals surface area contributed by atoms with Crippen molar-refractivity contribution in [2.75, 3.05) is 13.2 Å². The van der Waals surface area contributed by atoms with Crippen molar-refractivity contribution < 1.29 is 19.4 Å². The number of nitrogens with one attached hydrogen (secondary N) is 1. The number of hydrogen-bond acceptors (Lipinski definition) is 7. The highest BCUT2D eigenvalue weighted by molar-refractivity contribution is 5.76. The fourth-order valence-corrected chi connectivity index (χ4v) is 3.20. The third kappa shape index (κ3) is 4.48. The molecular weight excluding hydrogens is 384 g/mol. The zero-order chi connectivity index (χ0) is 20.9. The molecule has 1 unspecified atom stereocenters. The predicted molar refractivity (Wildman–Crippen MR) is 109 cm³/mol. The fourth-order valence-electron chi connectivity index (χ4n) is 3.20. The van der Waals surface area contributed by atoms with E-state index >= 15 is 0 Å². The number of carbonyl (C=O) groups excluding carboxylic acids is 1. The van der Waals surface area contributed by atoms with Crippen LogP contribution in [0.4, 0.5) is 0 Å². The highest BCUT2D eigenvalue weighted by atomic mass is 16.6. The van der Waals surface area contributed by atoms with E-state index in [1.165, 1.54) is 0 Å². The van der Waals surface area contributed by atoms with E-state index in [9.17, 15) is 9.90 Å². The summed E-state index contributed by atoms with van der Waals surface area (Å²) in [6, 6.07) is 12.8. The molecule has 154 valence electrons. The third-order valence-corrected chi connectivity index (χ3v) is 4.78. The number of benzene rings is 1. The van der Waals surface area contributed by atoms with Gasteiger partial charge in [0, 0.05) is 23.9 Å². The molecule has 4 rings (SSSR count). The molecule has 1 atom stereocenters. The molecule has 0 spiro atoms. The summed E-state index contributed by atoms with van der Waals surface area (Å²) in [6.45, 7) is 2.50. The van der Waals surface area contributed by atoms with Gasteiger partial charge in [-0.1, -0.05) is 18.2 Å². The highest BCUT2D eigenvalue weighted by Gasteiger charge is 2.21. The van der Waals surface area contributed by atoms with Crippen molar-refractivity contribution in [2.45, 2.75) is 25.9 Å². The summed E-state index contributed by atoms with van der Waals surface area (Å²) < 4.78 is 11.5. The van der Waals surface area contributed by atoms with Crippen molar-refractivity contribution >= 4 is 5.91 Å². The van der Waals surface area contributed by atoms with Gasteiger partial charge < -0.3 is 19.9 Å². The van der Waals surface area contributed by atoms with Gasteiger partial charge in [-0.05, 0) is 37.6 Å². The summed E-state index contributed by atoms with van der Waals surface area (Å²) in [5, 5.41) is 13.2. The van der Waals surface area contributed by atoms with E-state index in [1.54, 1.807) is 25.3 Å². The van der Waals surface area contributed by atoms with Crippen LogP contribution in [0.2, 0.25) is 0 Å². The Morgan fingerprint density at radius 1 is 1.17 bits per heavy atom. The molecule has 0 saturated carbocycles. The average molecular weight is 406 g/mol. The van der Waals surface area contributed by atoms with E-state index in [0.717, 1.165) is 0 Å². The Bertz CT molecular complexity index is 1020. The van der Waals surface area contributed by atoms with Crippen LogP contribution in [-0.4, -0.2) is 45.2 Å². The first-order valence-electron chi connectivity index (χ1n) is 9.73. The van der Waals surface area contributed by atoms with E-state index in [1.807, 2.05) is 30.3 Å².